The molecule has 0 saturated heterocycles. The Morgan fingerprint density at radius 3 is 2.79 bits per heavy atom. The Kier molecular flexibility index (Phi) is 6.11. The molecule has 0 heterocycles. The van der Waals surface area contributed by atoms with Crippen LogP contribution in [-0.4, -0.2) is 19.0 Å². The zero-order chi connectivity index (χ0) is 14.3. The van der Waals surface area contributed by atoms with E-state index in [9.17, 15) is 4.79 Å². The van der Waals surface area contributed by atoms with Crippen LogP contribution in [0.1, 0.15) is 41.8 Å². The van der Waals surface area contributed by atoms with Gasteiger partial charge in [0.1, 0.15) is 0 Å². The lowest BCUT2D eigenvalue weighted by Crippen LogP contribution is -2.28. The average Bonchev–Trinajstić information content (AvgIpc) is 2.42. The predicted molar refractivity (Wildman–Crippen MR) is 78.9 cm³/mol. The Labute approximate surface area is 115 Å². The summed E-state index contributed by atoms with van der Waals surface area (Å²) in [5.41, 5.74) is 7.95. The number of hydrogen-bond donors (Lipinski definition) is 2. The molecule has 3 nitrogen and oxygen atoms in total. The van der Waals surface area contributed by atoms with E-state index in [0.29, 0.717) is 24.6 Å². The SMILES string of the molecule is CCC(C)CNC(=O)c1ccc(C#CCN)c(C)c1. The van der Waals surface area contributed by atoms with Crippen LogP contribution in [0.25, 0.3) is 0 Å². The smallest absolute Gasteiger partial charge is 0.251 e. The van der Waals surface area contributed by atoms with Crippen LogP contribution in [0.15, 0.2) is 18.2 Å². The molecule has 0 aromatic heterocycles. The third kappa shape index (κ3) is 4.76. The van der Waals surface area contributed by atoms with Crippen molar-refractivity contribution in [1.82, 2.24) is 5.32 Å². The molecule has 0 aliphatic rings. The third-order valence-corrected chi connectivity index (χ3v) is 3.12. The summed E-state index contributed by atoms with van der Waals surface area (Å²) in [5.74, 6) is 6.28. The maximum absolute atomic E-state index is 12.0. The van der Waals surface area contributed by atoms with Crippen LogP contribution in [-0.2, 0) is 0 Å². The van der Waals surface area contributed by atoms with Crippen molar-refractivity contribution >= 4 is 5.91 Å². The fourth-order valence-corrected chi connectivity index (χ4v) is 1.60. The lowest BCUT2D eigenvalue weighted by molar-refractivity contribution is 0.0947. The molecule has 0 radical (unpaired) electrons. The molecule has 0 fully saturated rings. The van der Waals surface area contributed by atoms with E-state index >= 15 is 0 Å². The highest BCUT2D eigenvalue weighted by atomic mass is 16.1. The van der Waals surface area contributed by atoms with Crippen LogP contribution in [0.5, 0.6) is 0 Å². The van der Waals surface area contributed by atoms with Crippen LogP contribution in [0.4, 0.5) is 0 Å². The minimum atomic E-state index is -0.0262. The third-order valence-electron chi connectivity index (χ3n) is 3.12. The largest absolute Gasteiger partial charge is 0.352 e. The number of nitrogens with two attached hydrogens (primary N) is 1. The number of hydrogen-bond acceptors (Lipinski definition) is 2. The van der Waals surface area contributed by atoms with E-state index in [1.54, 1.807) is 6.07 Å². The monoisotopic (exact) mass is 258 g/mol. The summed E-state index contributed by atoms with van der Waals surface area (Å²) in [7, 11) is 0. The molecule has 0 spiro atoms. The standard InChI is InChI=1S/C16H22N2O/c1-4-12(2)11-18-16(19)15-8-7-14(6-5-9-17)13(3)10-15/h7-8,10,12H,4,9,11,17H2,1-3H3,(H,18,19). The Morgan fingerprint density at radius 2 is 2.21 bits per heavy atom. The van der Waals surface area contributed by atoms with Gasteiger partial charge in [-0.05, 0) is 36.6 Å². The summed E-state index contributed by atoms with van der Waals surface area (Å²) in [6.45, 7) is 7.24. The van der Waals surface area contributed by atoms with E-state index in [0.717, 1.165) is 17.5 Å². The Bertz CT molecular complexity index is 497. The summed E-state index contributed by atoms with van der Waals surface area (Å²) in [6, 6.07) is 5.54. The van der Waals surface area contributed by atoms with E-state index in [1.807, 2.05) is 19.1 Å². The number of rotatable bonds is 4. The summed E-state index contributed by atoms with van der Waals surface area (Å²) >= 11 is 0. The molecule has 0 saturated carbocycles. The van der Waals surface area contributed by atoms with E-state index in [2.05, 4.69) is 31.0 Å². The van der Waals surface area contributed by atoms with Gasteiger partial charge in [0.15, 0.2) is 0 Å². The molecule has 1 atom stereocenters. The van der Waals surface area contributed by atoms with Crippen molar-refractivity contribution in [3.63, 3.8) is 0 Å². The van der Waals surface area contributed by atoms with Gasteiger partial charge in [0, 0.05) is 17.7 Å². The van der Waals surface area contributed by atoms with E-state index in [-0.39, 0.29) is 5.91 Å². The van der Waals surface area contributed by atoms with Gasteiger partial charge in [0.25, 0.3) is 5.91 Å². The second-order valence-corrected chi connectivity index (χ2v) is 4.76. The molecule has 3 N–H and O–H groups in total. The number of amides is 1. The molecule has 1 unspecified atom stereocenters. The normalized spacial score (nSPS) is 11.4. The molecule has 0 aliphatic heterocycles. The van der Waals surface area contributed by atoms with Crippen LogP contribution in [0, 0.1) is 24.7 Å². The van der Waals surface area contributed by atoms with Gasteiger partial charge in [0.2, 0.25) is 0 Å². The van der Waals surface area contributed by atoms with E-state index < -0.39 is 0 Å². The van der Waals surface area contributed by atoms with Gasteiger partial charge in [-0.2, -0.15) is 0 Å². The highest BCUT2D eigenvalue weighted by Gasteiger charge is 2.08. The van der Waals surface area contributed by atoms with Crippen molar-refractivity contribution in [2.24, 2.45) is 11.7 Å². The van der Waals surface area contributed by atoms with Gasteiger partial charge in [-0.3, -0.25) is 4.79 Å². The number of carbonyl (C=O) groups excluding carboxylic acids is 1. The van der Waals surface area contributed by atoms with Gasteiger partial charge in [0.05, 0.1) is 6.54 Å². The zero-order valence-electron chi connectivity index (χ0n) is 11.9. The zero-order valence-corrected chi connectivity index (χ0v) is 11.9. The van der Waals surface area contributed by atoms with Gasteiger partial charge in [-0.25, -0.2) is 0 Å². The minimum Gasteiger partial charge on any atom is -0.352 e. The van der Waals surface area contributed by atoms with E-state index in [4.69, 9.17) is 5.73 Å². The Hall–Kier alpha value is -1.79. The Balaban J connectivity index is 2.74. The topological polar surface area (TPSA) is 55.1 Å². The Morgan fingerprint density at radius 1 is 1.47 bits per heavy atom. The number of aryl methyl sites for hydroxylation is 1. The maximum Gasteiger partial charge on any atom is 0.251 e. The molecule has 0 aliphatic carbocycles. The lowest BCUT2D eigenvalue weighted by atomic mass is 10.0. The first kappa shape index (κ1) is 15.3. The molecule has 1 aromatic carbocycles. The molecule has 19 heavy (non-hydrogen) atoms. The highest BCUT2D eigenvalue weighted by molar-refractivity contribution is 5.94. The molecule has 1 aromatic rings. The van der Waals surface area contributed by atoms with Crippen molar-refractivity contribution in [3.05, 3.63) is 34.9 Å². The maximum atomic E-state index is 12.0. The molecule has 1 amide bonds. The van der Waals surface area contributed by atoms with Crippen molar-refractivity contribution in [3.8, 4) is 11.8 Å². The first-order valence-corrected chi connectivity index (χ1v) is 6.66. The molecular weight excluding hydrogens is 236 g/mol. The number of benzene rings is 1. The van der Waals surface area contributed by atoms with Gasteiger partial charge in [-0.15, -0.1) is 0 Å². The fourth-order valence-electron chi connectivity index (χ4n) is 1.60. The molecule has 102 valence electrons. The second kappa shape index (κ2) is 7.60. The summed E-state index contributed by atoms with van der Waals surface area (Å²) in [6.07, 6.45) is 1.06. The fraction of sp³-hybridized carbons (Fsp3) is 0.438. The molecule has 3 heteroatoms. The molecule has 0 bridgehead atoms. The summed E-state index contributed by atoms with van der Waals surface area (Å²) in [5, 5.41) is 2.94. The van der Waals surface area contributed by atoms with Crippen LogP contribution in [0.2, 0.25) is 0 Å². The van der Waals surface area contributed by atoms with Crippen LogP contribution in [0.3, 0.4) is 0 Å². The van der Waals surface area contributed by atoms with Crippen molar-refractivity contribution in [2.75, 3.05) is 13.1 Å². The van der Waals surface area contributed by atoms with Crippen molar-refractivity contribution in [2.45, 2.75) is 27.2 Å². The summed E-state index contributed by atoms with van der Waals surface area (Å²) < 4.78 is 0. The lowest BCUT2D eigenvalue weighted by Gasteiger charge is -2.10. The predicted octanol–water partition coefficient (Wildman–Crippen LogP) is 2.08. The first-order valence-electron chi connectivity index (χ1n) is 6.66. The van der Waals surface area contributed by atoms with Crippen LogP contribution >= 0.6 is 0 Å². The quantitative estimate of drug-likeness (QED) is 0.812. The number of nitrogens with one attached hydrogen (secondary N) is 1. The first-order chi connectivity index (χ1) is 9.08. The van der Waals surface area contributed by atoms with Crippen molar-refractivity contribution in [1.29, 1.82) is 0 Å². The van der Waals surface area contributed by atoms with Gasteiger partial charge < -0.3 is 11.1 Å². The second-order valence-electron chi connectivity index (χ2n) is 4.76. The molecular formula is C16H22N2O. The minimum absolute atomic E-state index is 0.0262. The van der Waals surface area contributed by atoms with Crippen molar-refractivity contribution < 1.29 is 4.79 Å². The van der Waals surface area contributed by atoms with Gasteiger partial charge >= 0.3 is 0 Å². The van der Waals surface area contributed by atoms with Gasteiger partial charge in [-0.1, -0.05) is 32.1 Å². The molecule has 1 rings (SSSR count). The average molecular weight is 258 g/mol. The highest BCUT2D eigenvalue weighted by Crippen LogP contribution is 2.10. The number of carbonyl (C=O) groups is 1. The summed E-state index contributed by atoms with van der Waals surface area (Å²) in [4.78, 5) is 12.0. The van der Waals surface area contributed by atoms with Crippen LogP contribution < -0.4 is 11.1 Å². The van der Waals surface area contributed by atoms with E-state index in [1.165, 1.54) is 0 Å².